The van der Waals surface area contributed by atoms with Crippen LogP contribution >= 0.6 is 0 Å². The second-order valence-electron chi connectivity index (χ2n) is 9.15. The Kier molecular flexibility index (Phi) is 3.80. The van der Waals surface area contributed by atoms with Crippen molar-refractivity contribution in [1.29, 1.82) is 0 Å². The number of ketones is 2. The Morgan fingerprint density at radius 2 is 1.96 bits per heavy atom. The Morgan fingerprint density at radius 3 is 2.67 bits per heavy atom. The first-order valence-corrected chi connectivity index (χ1v) is 9.77. The summed E-state index contributed by atoms with van der Waals surface area (Å²) in [5.74, 6) is 2.58. The summed E-state index contributed by atoms with van der Waals surface area (Å²) in [6.07, 6.45) is 9.80. The second-order valence-corrected chi connectivity index (χ2v) is 9.15. The van der Waals surface area contributed by atoms with Crippen molar-refractivity contribution in [3.05, 3.63) is 11.6 Å². The van der Waals surface area contributed by atoms with Gasteiger partial charge in [-0.25, -0.2) is 0 Å². The molecule has 0 aromatic heterocycles. The Balaban J connectivity index is 1.69. The van der Waals surface area contributed by atoms with Crippen LogP contribution in [0.3, 0.4) is 0 Å². The van der Waals surface area contributed by atoms with Gasteiger partial charge in [0.1, 0.15) is 5.78 Å². The van der Waals surface area contributed by atoms with Crippen LogP contribution in [0.15, 0.2) is 11.6 Å². The maximum Gasteiger partial charge on any atom is 0.155 e. The predicted octanol–water partition coefficient (Wildman–Crippen LogP) is 3.70. The minimum Gasteiger partial charge on any atom is -0.395 e. The van der Waals surface area contributed by atoms with E-state index in [1.807, 2.05) is 6.08 Å². The van der Waals surface area contributed by atoms with Crippen LogP contribution in [-0.4, -0.2) is 23.3 Å². The zero-order chi connectivity index (χ0) is 17.1. The predicted molar refractivity (Wildman–Crippen MR) is 92.3 cm³/mol. The molecule has 0 radical (unpaired) electrons. The molecule has 0 saturated heterocycles. The molecule has 24 heavy (non-hydrogen) atoms. The Labute approximate surface area is 144 Å². The number of hydrogen-bond acceptors (Lipinski definition) is 3. The van der Waals surface area contributed by atoms with Crippen molar-refractivity contribution in [2.45, 2.75) is 65.2 Å². The van der Waals surface area contributed by atoms with Gasteiger partial charge < -0.3 is 5.11 Å². The van der Waals surface area contributed by atoms with Gasteiger partial charge in [0.15, 0.2) is 5.78 Å². The molecule has 3 fully saturated rings. The van der Waals surface area contributed by atoms with Gasteiger partial charge in [0.25, 0.3) is 0 Å². The quantitative estimate of drug-likeness (QED) is 0.840. The second kappa shape index (κ2) is 5.52. The maximum atomic E-state index is 12.2. The molecular formula is C21H30O3. The molecular weight excluding hydrogens is 300 g/mol. The summed E-state index contributed by atoms with van der Waals surface area (Å²) >= 11 is 0. The molecule has 132 valence electrons. The van der Waals surface area contributed by atoms with Gasteiger partial charge in [0.05, 0.1) is 6.61 Å². The van der Waals surface area contributed by atoms with E-state index >= 15 is 0 Å². The lowest BCUT2D eigenvalue weighted by molar-refractivity contribution is -0.130. The average Bonchev–Trinajstić information content (AvgIpc) is 2.91. The highest BCUT2D eigenvalue weighted by atomic mass is 16.3. The number of Topliss-reactive ketones (excluding diaryl/α,β-unsaturated/α-hetero) is 1. The van der Waals surface area contributed by atoms with Gasteiger partial charge in [0, 0.05) is 17.8 Å². The van der Waals surface area contributed by atoms with Crippen molar-refractivity contribution in [1.82, 2.24) is 0 Å². The van der Waals surface area contributed by atoms with E-state index in [2.05, 4.69) is 6.92 Å². The number of fused-ring (bicyclic) bond motifs is 5. The summed E-state index contributed by atoms with van der Waals surface area (Å²) in [6, 6.07) is 0. The van der Waals surface area contributed by atoms with Gasteiger partial charge in [-0.15, -0.1) is 0 Å². The third-order valence-electron chi connectivity index (χ3n) is 8.46. The Hall–Kier alpha value is -0.960. The summed E-state index contributed by atoms with van der Waals surface area (Å²) in [5, 5.41) is 10.3. The third-order valence-corrected chi connectivity index (χ3v) is 8.46. The van der Waals surface area contributed by atoms with Crippen molar-refractivity contribution in [3.63, 3.8) is 0 Å². The highest BCUT2D eigenvalue weighted by Crippen LogP contribution is 2.66. The monoisotopic (exact) mass is 330 g/mol. The lowest BCUT2D eigenvalue weighted by atomic mass is 9.46. The lowest BCUT2D eigenvalue weighted by Crippen LogP contribution is -2.53. The molecule has 6 atom stereocenters. The van der Waals surface area contributed by atoms with E-state index in [1.54, 1.807) is 6.92 Å². The minimum atomic E-state index is -0.146. The third kappa shape index (κ3) is 2.06. The number of aliphatic hydroxyl groups is 1. The van der Waals surface area contributed by atoms with E-state index in [0.29, 0.717) is 30.0 Å². The highest BCUT2D eigenvalue weighted by molar-refractivity contribution is 5.91. The van der Waals surface area contributed by atoms with E-state index in [0.717, 1.165) is 38.5 Å². The molecule has 0 aromatic carbocycles. The van der Waals surface area contributed by atoms with Gasteiger partial charge in [-0.1, -0.05) is 12.5 Å². The van der Waals surface area contributed by atoms with Gasteiger partial charge in [-0.05, 0) is 81.1 Å². The van der Waals surface area contributed by atoms with Gasteiger partial charge in [0.2, 0.25) is 0 Å². The van der Waals surface area contributed by atoms with E-state index in [-0.39, 0.29) is 29.1 Å². The number of hydrogen-bond donors (Lipinski definition) is 1. The molecule has 0 bridgehead atoms. The van der Waals surface area contributed by atoms with Crippen molar-refractivity contribution < 1.29 is 14.7 Å². The Morgan fingerprint density at radius 1 is 1.17 bits per heavy atom. The number of aliphatic hydroxyl groups excluding tert-OH is 1. The van der Waals surface area contributed by atoms with E-state index < -0.39 is 0 Å². The first kappa shape index (κ1) is 16.5. The average molecular weight is 330 g/mol. The molecule has 3 saturated carbocycles. The SMILES string of the molecule is CC(=O)[C@@H]1CC[C@H]2[C@@H]3CCC4=CC(=O)CC[C@]4(CO)[C@H]3CC[C@]12C. The normalized spacial score (nSPS) is 47.5. The lowest BCUT2D eigenvalue weighted by Gasteiger charge is -2.58. The molecule has 1 N–H and O–H groups in total. The van der Waals surface area contributed by atoms with Crippen LogP contribution in [0.2, 0.25) is 0 Å². The van der Waals surface area contributed by atoms with E-state index in [1.165, 1.54) is 12.0 Å². The van der Waals surface area contributed by atoms with Crippen molar-refractivity contribution in [3.8, 4) is 0 Å². The number of carbonyl (C=O) groups is 2. The van der Waals surface area contributed by atoms with Gasteiger partial charge in [-0.3, -0.25) is 9.59 Å². The molecule has 0 heterocycles. The van der Waals surface area contributed by atoms with E-state index in [9.17, 15) is 14.7 Å². The summed E-state index contributed by atoms with van der Waals surface area (Å²) in [4.78, 5) is 24.1. The van der Waals surface area contributed by atoms with Gasteiger partial charge >= 0.3 is 0 Å². The van der Waals surface area contributed by atoms with Crippen molar-refractivity contribution in [2.75, 3.05) is 6.61 Å². The molecule has 0 amide bonds. The van der Waals surface area contributed by atoms with E-state index in [4.69, 9.17) is 0 Å². The molecule has 0 aliphatic heterocycles. The summed E-state index contributed by atoms with van der Waals surface area (Å²) < 4.78 is 0. The van der Waals surface area contributed by atoms with Crippen LogP contribution in [0.5, 0.6) is 0 Å². The summed E-state index contributed by atoms with van der Waals surface area (Å²) in [6.45, 7) is 4.31. The zero-order valence-corrected chi connectivity index (χ0v) is 15.0. The first-order chi connectivity index (χ1) is 11.4. The molecule has 4 aliphatic rings. The highest BCUT2D eigenvalue weighted by Gasteiger charge is 2.60. The standard InChI is InChI=1S/C21H30O3/c1-13(23)17-5-6-18-16-4-3-14-11-15(24)7-10-21(14,12-22)19(16)8-9-20(17,18)2/h11,16-19,22H,3-10,12H2,1-2H3/t16-,17-,18-,19-,20+,21+/m0/s1. The summed E-state index contributed by atoms with van der Waals surface area (Å²) in [5.41, 5.74) is 1.24. The van der Waals surface area contributed by atoms with Gasteiger partial charge in [-0.2, -0.15) is 0 Å². The largest absolute Gasteiger partial charge is 0.395 e. The fourth-order valence-electron chi connectivity index (χ4n) is 7.33. The van der Waals surface area contributed by atoms with Crippen LogP contribution in [-0.2, 0) is 9.59 Å². The maximum absolute atomic E-state index is 12.2. The van der Waals surface area contributed by atoms with Crippen LogP contribution in [0, 0.1) is 34.5 Å². The van der Waals surface area contributed by atoms with Crippen LogP contribution < -0.4 is 0 Å². The molecule has 3 nitrogen and oxygen atoms in total. The Bertz CT molecular complexity index is 606. The topological polar surface area (TPSA) is 54.4 Å². The summed E-state index contributed by atoms with van der Waals surface area (Å²) in [7, 11) is 0. The fourth-order valence-corrected chi connectivity index (χ4v) is 7.33. The minimum absolute atomic E-state index is 0.146. The molecule has 4 rings (SSSR count). The van der Waals surface area contributed by atoms with Crippen LogP contribution in [0.4, 0.5) is 0 Å². The smallest absolute Gasteiger partial charge is 0.155 e. The first-order valence-electron chi connectivity index (χ1n) is 9.77. The van der Waals surface area contributed by atoms with Crippen molar-refractivity contribution >= 4 is 11.6 Å². The number of rotatable bonds is 2. The fraction of sp³-hybridized carbons (Fsp3) is 0.810. The van der Waals surface area contributed by atoms with Crippen molar-refractivity contribution in [2.24, 2.45) is 34.5 Å². The zero-order valence-electron chi connectivity index (χ0n) is 15.0. The number of carbonyl (C=O) groups excluding carboxylic acids is 2. The van der Waals surface area contributed by atoms with Crippen LogP contribution in [0.25, 0.3) is 0 Å². The van der Waals surface area contributed by atoms with Crippen LogP contribution in [0.1, 0.15) is 65.2 Å². The molecule has 0 unspecified atom stereocenters. The molecule has 3 heteroatoms. The molecule has 4 aliphatic carbocycles. The molecule has 0 spiro atoms. The molecule has 0 aromatic rings.